The van der Waals surface area contributed by atoms with Crippen molar-refractivity contribution in [2.45, 2.75) is 13.3 Å². The molecule has 7 nitrogen and oxygen atoms in total. The molecule has 0 aliphatic rings. The maximum atomic E-state index is 11.3. The Labute approximate surface area is 118 Å². The van der Waals surface area contributed by atoms with Crippen LogP contribution in [0.5, 0.6) is 5.88 Å². The second-order valence-corrected chi connectivity index (χ2v) is 4.12. The van der Waals surface area contributed by atoms with Crippen molar-refractivity contribution in [3.8, 4) is 5.88 Å². The van der Waals surface area contributed by atoms with E-state index in [2.05, 4.69) is 14.7 Å². The summed E-state index contributed by atoms with van der Waals surface area (Å²) in [7, 11) is 4.56. The molecule has 0 fully saturated rings. The summed E-state index contributed by atoms with van der Waals surface area (Å²) in [5.41, 5.74) is 0. The molecule has 0 saturated carbocycles. The molecule has 20 heavy (non-hydrogen) atoms. The van der Waals surface area contributed by atoms with E-state index in [1.165, 1.54) is 7.11 Å². The molecule has 0 saturated heterocycles. The normalized spacial score (nSPS) is 10.2. The lowest BCUT2D eigenvalue weighted by atomic mass is 10.3. The first-order chi connectivity index (χ1) is 9.60. The van der Waals surface area contributed by atoms with Crippen molar-refractivity contribution in [2.24, 2.45) is 0 Å². The fraction of sp³-hybridized carbons (Fsp3) is 0.615. The third-order valence-electron chi connectivity index (χ3n) is 2.71. The average molecular weight is 283 g/mol. The van der Waals surface area contributed by atoms with Gasteiger partial charge in [-0.3, -0.25) is 4.79 Å². The lowest BCUT2D eigenvalue weighted by Crippen LogP contribution is -2.31. The fourth-order valence-electron chi connectivity index (χ4n) is 1.66. The van der Waals surface area contributed by atoms with Gasteiger partial charge in [0.05, 0.1) is 27.2 Å². The summed E-state index contributed by atoms with van der Waals surface area (Å²) in [5.74, 6) is 1.55. The number of ether oxygens (including phenoxy) is 3. The van der Waals surface area contributed by atoms with Crippen LogP contribution in [0.15, 0.2) is 6.07 Å². The van der Waals surface area contributed by atoms with Crippen LogP contribution in [-0.2, 0) is 14.3 Å². The molecular weight excluding hydrogens is 262 g/mol. The molecule has 1 heterocycles. The first-order valence-electron chi connectivity index (χ1n) is 6.31. The summed E-state index contributed by atoms with van der Waals surface area (Å²) in [6.45, 7) is 3.44. The second-order valence-electron chi connectivity index (χ2n) is 4.12. The molecule has 1 aromatic heterocycles. The molecule has 1 rings (SSSR count). The van der Waals surface area contributed by atoms with Crippen molar-refractivity contribution in [1.82, 2.24) is 9.97 Å². The van der Waals surface area contributed by atoms with Gasteiger partial charge < -0.3 is 19.1 Å². The van der Waals surface area contributed by atoms with Crippen LogP contribution in [0.25, 0.3) is 0 Å². The van der Waals surface area contributed by atoms with Crippen LogP contribution in [0.1, 0.15) is 12.2 Å². The number of carbonyl (C=O) groups excluding carboxylic acids is 1. The van der Waals surface area contributed by atoms with E-state index in [0.29, 0.717) is 37.2 Å². The number of aryl methyl sites for hydroxylation is 1. The van der Waals surface area contributed by atoms with E-state index in [4.69, 9.17) is 9.47 Å². The minimum absolute atomic E-state index is 0.259. The van der Waals surface area contributed by atoms with Gasteiger partial charge in [0.2, 0.25) is 5.88 Å². The highest BCUT2D eigenvalue weighted by Crippen LogP contribution is 2.17. The largest absolute Gasteiger partial charge is 0.481 e. The molecular formula is C13H21N3O4. The zero-order valence-electron chi connectivity index (χ0n) is 12.4. The highest BCUT2D eigenvalue weighted by atomic mass is 16.5. The van der Waals surface area contributed by atoms with E-state index in [-0.39, 0.29) is 12.4 Å². The van der Waals surface area contributed by atoms with Gasteiger partial charge in [-0.15, -0.1) is 0 Å². The van der Waals surface area contributed by atoms with Crippen LogP contribution in [0, 0.1) is 6.92 Å². The third-order valence-corrected chi connectivity index (χ3v) is 2.71. The highest BCUT2D eigenvalue weighted by Gasteiger charge is 2.13. The van der Waals surface area contributed by atoms with E-state index in [9.17, 15) is 4.79 Å². The molecule has 0 aliphatic heterocycles. The second kappa shape index (κ2) is 8.31. The average Bonchev–Trinajstić information content (AvgIpc) is 2.46. The SMILES string of the molecule is COCCN(CCC(=O)OC)c1cc(OC)nc(C)n1. The molecule has 0 atom stereocenters. The number of hydrogen-bond acceptors (Lipinski definition) is 7. The predicted octanol–water partition coefficient (Wildman–Crippen LogP) is 0.810. The van der Waals surface area contributed by atoms with Crippen molar-refractivity contribution in [1.29, 1.82) is 0 Å². The Morgan fingerprint density at radius 3 is 2.60 bits per heavy atom. The Hall–Kier alpha value is -1.89. The lowest BCUT2D eigenvalue weighted by Gasteiger charge is -2.23. The molecule has 0 aromatic carbocycles. The fourth-order valence-corrected chi connectivity index (χ4v) is 1.66. The maximum Gasteiger partial charge on any atom is 0.307 e. The van der Waals surface area contributed by atoms with E-state index in [1.54, 1.807) is 27.2 Å². The quantitative estimate of drug-likeness (QED) is 0.653. The molecule has 0 spiro atoms. The summed E-state index contributed by atoms with van der Waals surface area (Å²) in [4.78, 5) is 21.7. The van der Waals surface area contributed by atoms with Crippen LogP contribution < -0.4 is 9.64 Å². The Kier molecular flexibility index (Phi) is 6.72. The number of carbonyl (C=O) groups is 1. The van der Waals surface area contributed by atoms with Gasteiger partial charge in [-0.25, -0.2) is 4.98 Å². The van der Waals surface area contributed by atoms with Crippen molar-refractivity contribution < 1.29 is 19.0 Å². The summed E-state index contributed by atoms with van der Waals surface area (Å²) < 4.78 is 14.9. The minimum atomic E-state index is -0.259. The molecule has 0 aliphatic carbocycles. The van der Waals surface area contributed by atoms with E-state index < -0.39 is 0 Å². The number of nitrogens with zero attached hydrogens (tertiary/aromatic N) is 3. The first-order valence-corrected chi connectivity index (χ1v) is 6.31. The lowest BCUT2D eigenvalue weighted by molar-refractivity contribution is -0.140. The number of methoxy groups -OCH3 is 3. The topological polar surface area (TPSA) is 73.8 Å². The highest BCUT2D eigenvalue weighted by molar-refractivity contribution is 5.69. The smallest absolute Gasteiger partial charge is 0.307 e. The first kappa shape index (κ1) is 16.2. The van der Waals surface area contributed by atoms with Crippen molar-refractivity contribution in [3.05, 3.63) is 11.9 Å². The summed E-state index contributed by atoms with van der Waals surface area (Å²) in [5, 5.41) is 0. The number of esters is 1. The third kappa shape index (κ3) is 5.00. The minimum Gasteiger partial charge on any atom is -0.481 e. The molecule has 0 amide bonds. The van der Waals surface area contributed by atoms with E-state index in [1.807, 2.05) is 4.90 Å². The molecule has 112 valence electrons. The molecule has 1 aromatic rings. The van der Waals surface area contributed by atoms with Crippen LogP contribution in [0.2, 0.25) is 0 Å². The van der Waals surface area contributed by atoms with Crippen molar-refractivity contribution in [3.63, 3.8) is 0 Å². The van der Waals surface area contributed by atoms with Gasteiger partial charge in [0.1, 0.15) is 11.6 Å². The zero-order valence-corrected chi connectivity index (χ0v) is 12.4. The zero-order chi connectivity index (χ0) is 15.0. The maximum absolute atomic E-state index is 11.3. The number of anilines is 1. The van der Waals surface area contributed by atoms with E-state index in [0.717, 1.165) is 0 Å². The molecule has 7 heteroatoms. The Morgan fingerprint density at radius 2 is 2.00 bits per heavy atom. The van der Waals surface area contributed by atoms with Gasteiger partial charge in [0.25, 0.3) is 0 Å². The van der Waals surface area contributed by atoms with E-state index >= 15 is 0 Å². The van der Waals surface area contributed by atoms with Crippen LogP contribution in [0.4, 0.5) is 5.82 Å². The van der Waals surface area contributed by atoms with Gasteiger partial charge in [0, 0.05) is 26.3 Å². The predicted molar refractivity (Wildman–Crippen MR) is 74.0 cm³/mol. The summed E-state index contributed by atoms with van der Waals surface area (Å²) in [6, 6.07) is 1.74. The van der Waals surface area contributed by atoms with Gasteiger partial charge in [-0.2, -0.15) is 4.98 Å². The van der Waals surface area contributed by atoms with Gasteiger partial charge in [-0.05, 0) is 6.92 Å². The number of aromatic nitrogens is 2. The summed E-state index contributed by atoms with van der Waals surface area (Å²) in [6.07, 6.45) is 0.283. The molecule has 0 bridgehead atoms. The van der Waals surface area contributed by atoms with Crippen molar-refractivity contribution >= 4 is 11.8 Å². The van der Waals surface area contributed by atoms with Gasteiger partial charge in [0.15, 0.2) is 0 Å². The Morgan fingerprint density at radius 1 is 1.25 bits per heavy atom. The monoisotopic (exact) mass is 283 g/mol. The Bertz CT molecular complexity index is 440. The molecule has 0 N–H and O–H groups in total. The van der Waals surface area contributed by atoms with Crippen molar-refractivity contribution in [2.75, 3.05) is 45.9 Å². The van der Waals surface area contributed by atoms with Crippen LogP contribution in [-0.4, -0.2) is 57.0 Å². The number of hydrogen-bond donors (Lipinski definition) is 0. The molecule has 0 radical (unpaired) electrons. The molecule has 0 unspecified atom stereocenters. The number of rotatable bonds is 8. The van der Waals surface area contributed by atoms with Gasteiger partial charge >= 0.3 is 5.97 Å². The van der Waals surface area contributed by atoms with Gasteiger partial charge in [-0.1, -0.05) is 0 Å². The van der Waals surface area contributed by atoms with Crippen LogP contribution in [0.3, 0.4) is 0 Å². The van der Waals surface area contributed by atoms with Crippen LogP contribution >= 0.6 is 0 Å². The summed E-state index contributed by atoms with van der Waals surface area (Å²) >= 11 is 0. The Balaban J connectivity index is 2.85. The standard InChI is InChI=1S/C13H21N3O4/c1-10-14-11(9-12(15-10)19-3)16(7-8-18-2)6-5-13(17)20-4/h9H,5-8H2,1-4H3.